The number of nitrogens with zero attached hydrogens (tertiary/aromatic N) is 2. The summed E-state index contributed by atoms with van der Waals surface area (Å²) in [6.45, 7) is -0.386. The summed E-state index contributed by atoms with van der Waals surface area (Å²) >= 11 is 6.53. The highest BCUT2D eigenvalue weighted by molar-refractivity contribution is 6.31. The van der Waals surface area contributed by atoms with Crippen molar-refractivity contribution in [1.82, 2.24) is 9.78 Å². The first-order valence-electron chi connectivity index (χ1n) is 11.3. The minimum atomic E-state index is -1.16. The number of hydrogen-bond donors (Lipinski definition) is 2. The molecule has 9 nitrogen and oxygen atoms in total. The molecule has 1 aliphatic rings. The van der Waals surface area contributed by atoms with Gasteiger partial charge < -0.3 is 24.4 Å². The second-order valence-corrected chi connectivity index (χ2v) is 8.68. The minimum absolute atomic E-state index is 0.0133. The number of para-hydroxylation sites is 1. The molecule has 0 saturated heterocycles. The number of carboxylic acids is 2. The van der Waals surface area contributed by atoms with E-state index in [1.165, 1.54) is 4.68 Å². The van der Waals surface area contributed by atoms with Gasteiger partial charge in [-0.25, -0.2) is 9.59 Å². The van der Waals surface area contributed by atoms with Crippen molar-refractivity contribution in [3.05, 3.63) is 94.1 Å². The van der Waals surface area contributed by atoms with Gasteiger partial charge in [-0.1, -0.05) is 60.1 Å². The molecule has 0 amide bonds. The monoisotopic (exact) mass is 520 g/mol. The van der Waals surface area contributed by atoms with Gasteiger partial charge in [-0.05, 0) is 17.7 Å². The first-order valence-corrected chi connectivity index (χ1v) is 11.7. The summed E-state index contributed by atoms with van der Waals surface area (Å²) < 4.78 is 17.7. The Morgan fingerprint density at radius 1 is 0.973 bits per heavy atom. The molecule has 37 heavy (non-hydrogen) atoms. The molecule has 0 radical (unpaired) electrons. The second-order valence-electron chi connectivity index (χ2n) is 8.27. The molecule has 5 rings (SSSR count). The fourth-order valence-corrected chi connectivity index (χ4v) is 4.43. The van der Waals surface area contributed by atoms with Crippen molar-refractivity contribution in [3.63, 3.8) is 0 Å². The molecule has 0 bridgehead atoms. The number of aliphatic carboxylic acids is 1. The van der Waals surface area contributed by atoms with E-state index in [2.05, 4.69) is 0 Å². The number of carbonyl (C=O) groups is 2. The van der Waals surface area contributed by atoms with Crippen LogP contribution in [0.2, 0.25) is 5.02 Å². The molecule has 4 aromatic rings. The Labute approximate surface area is 216 Å². The molecule has 0 spiro atoms. The van der Waals surface area contributed by atoms with Crippen LogP contribution in [0.15, 0.2) is 66.7 Å². The summed E-state index contributed by atoms with van der Waals surface area (Å²) in [5.41, 5.74) is 2.95. The summed E-state index contributed by atoms with van der Waals surface area (Å²) in [7, 11) is 0. The number of hydrogen-bond acceptors (Lipinski definition) is 6. The lowest BCUT2D eigenvalue weighted by molar-refractivity contribution is -0.139. The van der Waals surface area contributed by atoms with Crippen LogP contribution in [-0.4, -0.2) is 45.3 Å². The zero-order valence-electron chi connectivity index (χ0n) is 19.4. The smallest absolute Gasteiger partial charge is 0.354 e. The van der Waals surface area contributed by atoms with E-state index in [1.54, 1.807) is 36.4 Å². The third kappa shape index (κ3) is 5.07. The normalized spacial score (nSPS) is 11.9. The van der Waals surface area contributed by atoms with Gasteiger partial charge in [0.2, 0.25) is 6.79 Å². The number of rotatable bonds is 9. The average Bonchev–Trinajstić information content (AvgIpc) is 3.48. The highest BCUT2D eigenvalue weighted by Crippen LogP contribution is 2.39. The van der Waals surface area contributed by atoms with E-state index in [0.717, 1.165) is 5.56 Å². The van der Waals surface area contributed by atoms with Crippen molar-refractivity contribution in [3.8, 4) is 28.5 Å². The van der Waals surface area contributed by atoms with Crippen LogP contribution in [0, 0.1) is 0 Å². The van der Waals surface area contributed by atoms with Crippen LogP contribution in [0.4, 0.5) is 0 Å². The van der Waals surface area contributed by atoms with E-state index in [-0.39, 0.29) is 25.5 Å². The van der Waals surface area contributed by atoms with Crippen LogP contribution < -0.4 is 14.2 Å². The molecule has 0 atom stereocenters. The zero-order valence-corrected chi connectivity index (χ0v) is 20.1. The molecule has 2 N–H and O–H groups in total. The molecule has 1 aromatic heterocycles. The Balaban J connectivity index is 1.61. The Morgan fingerprint density at radius 2 is 1.68 bits per heavy atom. The Hall–Kier alpha value is -4.50. The summed E-state index contributed by atoms with van der Waals surface area (Å²) in [6, 6.07) is 19.5. The number of halogens is 1. The lowest BCUT2D eigenvalue weighted by Gasteiger charge is -2.12. The van der Waals surface area contributed by atoms with Gasteiger partial charge in [-0.15, -0.1) is 0 Å². The summed E-state index contributed by atoms with van der Waals surface area (Å²) in [4.78, 5) is 23.6. The molecular weight excluding hydrogens is 500 g/mol. The highest BCUT2D eigenvalue weighted by atomic mass is 35.5. The highest BCUT2D eigenvalue weighted by Gasteiger charge is 2.27. The fraction of sp³-hybridized carbons (Fsp3) is 0.148. The Morgan fingerprint density at radius 3 is 2.41 bits per heavy atom. The maximum atomic E-state index is 12.6. The van der Waals surface area contributed by atoms with Crippen LogP contribution in [0.5, 0.6) is 17.2 Å². The van der Waals surface area contributed by atoms with E-state index in [0.29, 0.717) is 44.7 Å². The molecule has 3 aromatic carbocycles. The molecule has 1 aliphatic heterocycles. The third-order valence-electron chi connectivity index (χ3n) is 5.85. The van der Waals surface area contributed by atoms with Gasteiger partial charge in [0.05, 0.1) is 12.2 Å². The fourth-order valence-electron chi connectivity index (χ4n) is 4.21. The van der Waals surface area contributed by atoms with E-state index in [4.69, 9.17) is 36.0 Å². The predicted octanol–water partition coefficient (Wildman–Crippen LogP) is 4.73. The third-order valence-corrected chi connectivity index (χ3v) is 6.20. The maximum Gasteiger partial charge on any atom is 0.354 e. The number of benzene rings is 3. The van der Waals surface area contributed by atoms with Crippen molar-refractivity contribution < 1.29 is 34.0 Å². The molecule has 0 fully saturated rings. The summed E-state index contributed by atoms with van der Waals surface area (Å²) in [5.74, 6) is -0.878. The quantitative estimate of drug-likeness (QED) is 0.325. The van der Waals surface area contributed by atoms with Crippen LogP contribution in [0.3, 0.4) is 0 Å². The number of carboxylic acid groups (broad SMARTS) is 2. The van der Waals surface area contributed by atoms with E-state index in [9.17, 15) is 14.7 Å². The largest absolute Gasteiger partial charge is 0.482 e. The molecule has 10 heteroatoms. The van der Waals surface area contributed by atoms with E-state index in [1.807, 2.05) is 30.3 Å². The molecule has 188 valence electrons. The average molecular weight is 521 g/mol. The van der Waals surface area contributed by atoms with Crippen LogP contribution in [0.25, 0.3) is 11.3 Å². The lowest BCUT2D eigenvalue weighted by atomic mass is 9.98. The van der Waals surface area contributed by atoms with Gasteiger partial charge in [0.25, 0.3) is 0 Å². The van der Waals surface area contributed by atoms with Crippen molar-refractivity contribution >= 4 is 23.5 Å². The minimum Gasteiger partial charge on any atom is -0.482 e. The van der Waals surface area contributed by atoms with Gasteiger partial charge in [0.15, 0.2) is 23.8 Å². The summed E-state index contributed by atoms with van der Waals surface area (Å²) in [5, 5.41) is 24.4. The second kappa shape index (κ2) is 10.2. The standard InChI is InChI=1S/C27H21ClN2O7/c28-20-12-23-22(36-15-37-23)11-18(20)10-19-25(16-6-2-1-3-7-16)29-30(26(19)27(33)34)13-17-8-4-5-9-21(17)35-14-24(31)32/h1-9,11-12H,10,13-15H2,(H,31,32)(H,33,34). The van der Waals surface area contributed by atoms with Crippen LogP contribution in [-0.2, 0) is 17.8 Å². The predicted molar refractivity (Wildman–Crippen MR) is 134 cm³/mol. The zero-order chi connectivity index (χ0) is 25.9. The van der Waals surface area contributed by atoms with Crippen molar-refractivity contribution in [2.24, 2.45) is 0 Å². The van der Waals surface area contributed by atoms with Gasteiger partial charge in [0, 0.05) is 34.2 Å². The van der Waals surface area contributed by atoms with Crippen LogP contribution in [0.1, 0.15) is 27.2 Å². The van der Waals surface area contributed by atoms with E-state index < -0.39 is 18.5 Å². The Kier molecular flexibility index (Phi) is 6.70. The van der Waals surface area contributed by atoms with Gasteiger partial charge in [-0.2, -0.15) is 5.10 Å². The first-order chi connectivity index (χ1) is 17.9. The SMILES string of the molecule is O=C(O)COc1ccccc1Cn1nc(-c2ccccc2)c(Cc2cc3c(cc2Cl)OCO3)c1C(=O)O. The molecule has 0 unspecified atom stereocenters. The van der Waals surface area contributed by atoms with Crippen molar-refractivity contribution in [1.29, 1.82) is 0 Å². The van der Waals surface area contributed by atoms with Crippen molar-refractivity contribution in [2.45, 2.75) is 13.0 Å². The Bertz CT molecular complexity index is 1480. The van der Waals surface area contributed by atoms with E-state index >= 15 is 0 Å². The number of ether oxygens (including phenoxy) is 3. The van der Waals surface area contributed by atoms with Gasteiger partial charge in [-0.3, -0.25) is 4.68 Å². The summed E-state index contributed by atoms with van der Waals surface area (Å²) in [6.07, 6.45) is 0.179. The van der Waals surface area contributed by atoms with Gasteiger partial charge >= 0.3 is 11.9 Å². The topological polar surface area (TPSA) is 120 Å². The molecular formula is C27H21ClN2O7. The number of aromatic nitrogens is 2. The maximum absolute atomic E-state index is 12.6. The first kappa shape index (κ1) is 24.2. The molecule has 0 saturated carbocycles. The lowest BCUT2D eigenvalue weighted by Crippen LogP contribution is -2.15. The number of aromatic carboxylic acids is 1. The molecule has 2 heterocycles. The molecule has 0 aliphatic carbocycles. The van der Waals surface area contributed by atoms with Crippen LogP contribution >= 0.6 is 11.6 Å². The number of fused-ring (bicyclic) bond motifs is 1. The van der Waals surface area contributed by atoms with Gasteiger partial charge in [0.1, 0.15) is 5.75 Å². The van der Waals surface area contributed by atoms with Crippen molar-refractivity contribution in [2.75, 3.05) is 13.4 Å².